The van der Waals surface area contributed by atoms with Crippen LogP contribution < -0.4 is 10.2 Å². The van der Waals surface area contributed by atoms with Crippen LogP contribution in [0.1, 0.15) is 35.5 Å². The summed E-state index contributed by atoms with van der Waals surface area (Å²) in [6.07, 6.45) is 1.80. The van der Waals surface area contributed by atoms with Gasteiger partial charge in [0.1, 0.15) is 0 Å². The third-order valence-electron chi connectivity index (χ3n) is 4.28. The molecule has 1 aliphatic heterocycles. The molecule has 0 spiro atoms. The van der Waals surface area contributed by atoms with Crippen LogP contribution in [0.25, 0.3) is 0 Å². The van der Waals surface area contributed by atoms with Gasteiger partial charge in [-0.15, -0.1) is 11.3 Å². The minimum atomic E-state index is -0.414. The Morgan fingerprint density at radius 2 is 2.07 bits per heavy atom. The van der Waals surface area contributed by atoms with Gasteiger partial charge in [-0.1, -0.05) is 26.0 Å². The molecule has 0 saturated heterocycles. The highest BCUT2D eigenvalue weighted by atomic mass is 32.1. The fourth-order valence-corrected chi connectivity index (χ4v) is 3.57. The molecule has 2 heterocycles. The second-order valence-electron chi connectivity index (χ2n) is 6.69. The van der Waals surface area contributed by atoms with Gasteiger partial charge in [0.2, 0.25) is 0 Å². The summed E-state index contributed by atoms with van der Waals surface area (Å²) in [4.78, 5) is 38.8. The first-order chi connectivity index (χ1) is 13.0. The molecule has 142 valence electrons. The summed E-state index contributed by atoms with van der Waals surface area (Å²) < 4.78 is 4.94. The van der Waals surface area contributed by atoms with Gasteiger partial charge in [-0.2, -0.15) is 0 Å². The largest absolute Gasteiger partial charge is 0.455 e. The summed E-state index contributed by atoms with van der Waals surface area (Å²) in [6, 6.07) is 9.22. The van der Waals surface area contributed by atoms with Crippen molar-refractivity contribution in [2.45, 2.75) is 26.7 Å². The topological polar surface area (TPSA) is 75.7 Å². The molecule has 0 bridgehead atoms. The Bertz CT molecular complexity index is 846. The van der Waals surface area contributed by atoms with E-state index < -0.39 is 11.9 Å². The molecule has 2 amide bonds. The van der Waals surface area contributed by atoms with E-state index in [1.54, 1.807) is 24.8 Å². The predicted octanol–water partition coefficient (Wildman–Crippen LogP) is 3.48. The third-order valence-corrected chi connectivity index (χ3v) is 5.14. The fourth-order valence-electron chi connectivity index (χ4n) is 2.90. The van der Waals surface area contributed by atoms with Crippen LogP contribution in [0.4, 0.5) is 11.4 Å². The van der Waals surface area contributed by atoms with E-state index in [-0.39, 0.29) is 18.4 Å². The van der Waals surface area contributed by atoms with Gasteiger partial charge in [-0.05, 0) is 42.0 Å². The molecule has 6 nitrogen and oxygen atoms in total. The molecule has 0 radical (unpaired) electrons. The number of ether oxygens (including phenoxy) is 1. The Morgan fingerprint density at radius 3 is 2.78 bits per heavy atom. The molecule has 0 atom stereocenters. The number of nitrogens with zero attached hydrogens (tertiary/aromatic N) is 1. The van der Waals surface area contributed by atoms with E-state index in [0.717, 1.165) is 24.1 Å². The molecular weight excluding hydrogens is 364 g/mol. The van der Waals surface area contributed by atoms with Crippen LogP contribution in [-0.2, 0) is 20.7 Å². The number of hydrogen-bond donors (Lipinski definition) is 1. The summed E-state index contributed by atoms with van der Waals surface area (Å²) in [5, 5.41) is 4.61. The van der Waals surface area contributed by atoms with E-state index in [9.17, 15) is 14.4 Å². The van der Waals surface area contributed by atoms with Crippen molar-refractivity contribution in [2.24, 2.45) is 5.92 Å². The van der Waals surface area contributed by atoms with Crippen LogP contribution in [0.5, 0.6) is 0 Å². The molecule has 0 saturated carbocycles. The lowest BCUT2D eigenvalue weighted by Gasteiger charge is -2.29. The summed E-state index contributed by atoms with van der Waals surface area (Å²) in [7, 11) is 0. The minimum absolute atomic E-state index is 0.0275. The average Bonchev–Trinajstić information content (AvgIpc) is 3.19. The quantitative estimate of drug-likeness (QED) is 0.799. The zero-order chi connectivity index (χ0) is 19.4. The number of fused-ring (bicyclic) bond motifs is 1. The number of hydrogen-bond acceptors (Lipinski definition) is 5. The van der Waals surface area contributed by atoms with Crippen molar-refractivity contribution in [3.63, 3.8) is 0 Å². The minimum Gasteiger partial charge on any atom is -0.455 e. The number of aryl methyl sites for hydroxylation is 1. The van der Waals surface area contributed by atoms with Crippen molar-refractivity contribution in [1.29, 1.82) is 0 Å². The Labute approximate surface area is 162 Å². The number of esters is 1. The lowest BCUT2D eigenvalue weighted by molar-refractivity contribution is -0.150. The standard InChI is InChI=1S/C20H22N2O4S/c1-13(2)20(25)26-12-18(23)21-15-8-7-14-5-3-9-22(16(14)11-15)19(24)17-6-4-10-27-17/h4,6-8,10-11,13H,3,5,9,12H2,1-2H3,(H,21,23). The zero-order valence-corrected chi connectivity index (χ0v) is 16.2. The first-order valence-corrected chi connectivity index (χ1v) is 9.78. The first kappa shape index (κ1) is 19.1. The van der Waals surface area contributed by atoms with Gasteiger partial charge in [-0.25, -0.2) is 0 Å². The summed E-state index contributed by atoms with van der Waals surface area (Å²) in [6.45, 7) is 3.74. The Balaban J connectivity index is 1.73. The molecule has 0 aliphatic carbocycles. The maximum Gasteiger partial charge on any atom is 0.308 e. The van der Waals surface area contributed by atoms with Gasteiger partial charge in [0, 0.05) is 17.9 Å². The number of carbonyl (C=O) groups excluding carboxylic acids is 3. The third kappa shape index (κ3) is 4.54. The maximum atomic E-state index is 12.8. The second-order valence-corrected chi connectivity index (χ2v) is 7.64. The Kier molecular flexibility index (Phi) is 5.91. The van der Waals surface area contributed by atoms with Crippen molar-refractivity contribution in [3.05, 3.63) is 46.2 Å². The molecule has 1 aromatic carbocycles. The maximum absolute atomic E-state index is 12.8. The smallest absolute Gasteiger partial charge is 0.308 e. The highest BCUT2D eigenvalue weighted by molar-refractivity contribution is 7.12. The van der Waals surface area contributed by atoms with Gasteiger partial charge >= 0.3 is 5.97 Å². The number of amides is 2. The molecule has 27 heavy (non-hydrogen) atoms. The van der Waals surface area contributed by atoms with Crippen LogP contribution in [-0.4, -0.2) is 30.9 Å². The van der Waals surface area contributed by atoms with E-state index in [1.807, 2.05) is 29.6 Å². The molecule has 0 unspecified atom stereocenters. The van der Waals surface area contributed by atoms with Crippen molar-refractivity contribution < 1.29 is 19.1 Å². The SMILES string of the molecule is CC(C)C(=O)OCC(=O)Nc1ccc2c(c1)N(C(=O)c1cccs1)CCC2. The Hall–Kier alpha value is -2.67. The van der Waals surface area contributed by atoms with Crippen LogP contribution in [0.15, 0.2) is 35.7 Å². The number of carbonyl (C=O) groups is 3. The second kappa shape index (κ2) is 8.35. The van der Waals surface area contributed by atoms with E-state index in [2.05, 4.69) is 5.32 Å². The van der Waals surface area contributed by atoms with Crippen LogP contribution in [0, 0.1) is 5.92 Å². The number of thiophene rings is 1. The summed E-state index contributed by atoms with van der Waals surface area (Å²) >= 11 is 1.42. The number of anilines is 2. The summed E-state index contributed by atoms with van der Waals surface area (Å²) in [5.41, 5.74) is 2.47. The lowest BCUT2D eigenvalue weighted by atomic mass is 10.0. The Morgan fingerprint density at radius 1 is 1.26 bits per heavy atom. The van der Waals surface area contributed by atoms with E-state index in [1.165, 1.54) is 11.3 Å². The molecule has 3 rings (SSSR count). The monoisotopic (exact) mass is 386 g/mol. The van der Waals surface area contributed by atoms with Gasteiger partial charge < -0.3 is 15.0 Å². The molecule has 2 aromatic rings. The van der Waals surface area contributed by atoms with Crippen molar-refractivity contribution >= 4 is 40.5 Å². The van der Waals surface area contributed by atoms with E-state index in [0.29, 0.717) is 17.1 Å². The van der Waals surface area contributed by atoms with Crippen LogP contribution >= 0.6 is 11.3 Å². The number of nitrogens with one attached hydrogen (secondary N) is 1. The highest BCUT2D eigenvalue weighted by Crippen LogP contribution is 2.31. The van der Waals surface area contributed by atoms with Crippen molar-refractivity contribution in [2.75, 3.05) is 23.4 Å². The van der Waals surface area contributed by atoms with Crippen molar-refractivity contribution in [3.8, 4) is 0 Å². The molecule has 1 N–H and O–H groups in total. The van der Waals surface area contributed by atoms with Crippen molar-refractivity contribution in [1.82, 2.24) is 0 Å². The van der Waals surface area contributed by atoms with Gasteiger partial charge in [-0.3, -0.25) is 14.4 Å². The van der Waals surface area contributed by atoms with Crippen LogP contribution in [0.2, 0.25) is 0 Å². The predicted molar refractivity (Wildman–Crippen MR) is 105 cm³/mol. The normalized spacial score (nSPS) is 13.2. The van der Waals surface area contributed by atoms with Gasteiger partial charge in [0.15, 0.2) is 6.61 Å². The fraction of sp³-hybridized carbons (Fsp3) is 0.350. The highest BCUT2D eigenvalue weighted by Gasteiger charge is 2.24. The van der Waals surface area contributed by atoms with Gasteiger partial charge in [0.25, 0.3) is 11.8 Å². The lowest BCUT2D eigenvalue weighted by Crippen LogP contribution is -2.35. The number of benzene rings is 1. The number of rotatable bonds is 5. The zero-order valence-electron chi connectivity index (χ0n) is 15.4. The average molecular weight is 386 g/mol. The molecule has 1 aromatic heterocycles. The van der Waals surface area contributed by atoms with E-state index in [4.69, 9.17) is 4.74 Å². The molecule has 1 aliphatic rings. The first-order valence-electron chi connectivity index (χ1n) is 8.90. The molecule has 7 heteroatoms. The van der Waals surface area contributed by atoms with E-state index >= 15 is 0 Å². The molecular formula is C20H22N2O4S. The van der Waals surface area contributed by atoms with Crippen LogP contribution in [0.3, 0.4) is 0 Å². The van der Waals surface area contributed by atoms with Gasteiger partial charge in [0.05, 0.1) is 10.8 Å². The summed E-state index contributed by atoms with van der Waals surface area (Å²) in [5.74, 6) is -1.13. The molecule has 0 fully saturated rings.